The molecule has 1 aromatic heterocycles. The van der Waals surface area contributed by atoms with E-state index >= 15 is 0 Å². The topological polar surface area (TPSA) is 68.3 Å². The van der Waals surface area contributed by atoms with Gasteiger partial charge in [0.05, 0.1) is 5.56 Å². The van der Waals surface area contributed by atoms with Crippen LogP contribution < -0.4 is 5.32 Å². The molecule has 6 heteroatoms. The van der Waals surface area contributed by atoms with Gasteiger partial charge in [-0.1, -0.05) is 42.5 Å². The Kier molecular flexibility index (Phi) is 4.73. The van der Waals surface area contributed by atoms with Crippen LogP contribution in [0.4, 0.5) is 5.13 Å². The van der Waals surface area contributed by atoms with E-state index in [0.717, 1.165) is 16.9 Å². The number of benzene rings is 2. The van der Waals surface area contributed by atoms with Crippen LogP contribution in [0.2, 0.25) is 0 Å². The van der Waals surface area contributed by atoms with E-state index in [-0.39, 0.29) is 5.91 Å². The summed E-state index contributed by atoms with van der Waals surface area (Å²) >= 11 is 1.43. The number of nitrogens with one attached hydrogen (secondary N) is 1. The third-order valence-electron chi connectivity index (χ3n) is 4.96. The minimum Gasteiger partial charge on any atom is -0.445 e. The number of hydrogen-bond donors (Lipinski definition) is 1. The van der Waals surface area contributed by atoms with Crippen molar-refractivity contribution in [3.8, 4) is 0 Å². The number of carbonyl (C=O) groups excluding carboxylic acids is 2. The van der Waals surface area contributed by atoms with Crippen LogP contribution in [0, 0.1) is 6.92 Å². The Bertz CT molecular complexity index is 1060. The van der Waals surface area contributed by atoms with Crippen LogP contribution >= 0.6 is 11.3 Å². The first kappa shape index (κ1) is 18.4. The fraction of sp³-hybridized carbons (Fsp3) is 0.227. The fourth-order valence-corrected chi connectivity index (χ4v) is 4.16. The van der Waals surface area contributed by atoms with E-state index in [4.69, 9.17) is 4.74 Å². The number of cyclic esters (lactones) is 1. The molecule has 142 valence electrons. The molecular formula is C22H20N2O3S. The predicted octanol–water partition coefficient (Wildman–Crippen LogP) is 4.15. The highest BCUT2D eigenvalue weighted by atomic mass is 32.1. The van der Waals surface area contributed by atoms with E-state index < -0.39 is 11.6 Å². The minimum atomic E-state index is -1.26. The summed E-state index contributed by atoms with van der Waals surface area (Å²) in [6.45, 7) is 3.72. The number of hydrogen-bond acceptors (Lipinski definition) is 5. The molecule has 1 amide bonds. The van der Waals surface area contributed by atoms with Gasteiger partial charge in [-0.2, -0.15) is 0 Å². The van der Waals surface area contributed by atoms with Gasteiger partial charge in [0.1, 0.15) is 0 Å². The lowest BCUT2D eigenvalue weighted by molar-refractivity contribution is -0.134. The van der Waals surface area contributed by atoms with Crippen molar-refractivity contribution < 1.29 is 14.3 Å². The van der Waals surface area contributed by atoms with E-state index in [2.05, 4.69) is 29.4 Å². The molecule has 0 fully saturated rings. The van der Waals surface area contributed by atoms with Gasteiger partial charge in [0.25, 0.3) is 5.91 Å². The largest absolute Gasteiger partial charge is 0.445 e. The second-order valence-corrected chi connectivity index (χ2v) is 8.26. The third-order valence-corrected chi connectivity index (χ3v) is 5.88. The normalized spacial score (nSPS) is 18.3. The first-order valence-corrected chi connectivity index (χ1v) is 9.88. The predicted molar refractivity (Wildman–Crippen MR) is 109 cm³/mol. The number of nitrogens with zero attached hydrogens (tertiary/aromatic N) is 1. The summed E-state index contributed by atoms with van der Waals surface area (Å²) in [5.74, 6) is -0.842. The SMILES string of the molecule is Cc1ccccc1Cc1cnc(NC(=O)[C@@]2(C)Cc3ccccc3C(=O)O2)s1. The molecule has 1 aliphatic heterocycles. The number of aromatic nitrogens is 1. The molecule has 0 bridgehead atoms. The molecule has 1 N–H and O–H groups in total. The molecular weight excluding hydrogens is 372 g/mol. The summed E-state index contributed by atoms with van der Waals surface area (Å²) in [4.78, 5) is 30.5. The van der Waals surface area contributed by atoms with Gasteiger partial charge in [-0.05, 0) is 36.6 Å². The number of amides is 1. The summed E-state index contributed by atoms with van der Waals surface area (Å²) < 4.78 is 5.48. The highest BCUT2D eigenvalue weighted by molar-refractivity contribution is 7.15. The number of anilines is 1. The minimum absolute atomic E-state index is 0.336. The Balaban J connectivity index is 1.48. The van der Waals surface area contributed by atoms with Gasteiger partial charge in [0.15, 0.2) is 10.7 Å². The van der Waals surface area contributed by atoms with E-state index in [1.807, 2.05) is 24.3 Å². The summed E-state index contributed by atoms with van der Waals surface area (Å²) in [7, 11) is 0. The molecule has 0 radical (unpaired) electrons. The van der Waals surface area contributed by atoms with Crippen LogP contribution in [0.1, 0.15) is 38.8 Å². The molecule has 4 rings (SSSR count). The van der Waals surface area contributed by atoms with Crippen LogP contribution in [0.5, 0.6) is 0 Å². The van der Waals surface area contributed by atoms with Crippen LogP contribution in [0.3, 0.4) is 0 Å². The lowest BCUT2D eigenvalue weighted by Gasteiger charge is -2.32. The van der Waals surface area contributed by atoms with Crippen molar-refractivity contribution in [2.75, 3.05) is 5.32 Å². The zero-order valence-electron chi connectivity index (χ0n) is 15.7. The number of rotatable bonds is 4. The maximum Gasteiger partial charge on any atom is 0.339 e. The molecule has 0 saturated carbocycles. The number of fused-ring (bicyclic) bond motifs is 1. The smallest absolute Gasteiger partial charge is 0.339 e. The van der Waals surface area contributed by atoms with Crippen LogP contribution in [-0.2, 0) is 22.4 Å². The molecule has 1 aliphatic rings. The first-order chi connectivity index (χ1) is 13.4. The maximum atomic E-state index is 12.8. The monoisotopic (exact) mass is 392 g/mol. The molecule has 2 aromatic carbocycles. The van der Waals surface area contributed by atoms with Crippen LogP contribution in [0.15, 0.2) is 54.7 Å². The lowest BCUT2D eigenvalue weighted by Crippen LogP contribution is -2.48. The van der Waals surface area contributed by atoms with Gasteiger partial charge in [0, 0.05) is 23.9 Å². The molecule has 0 unspecified atom stereocenters. The molecule has 28 heavy (non-hydrogen) atoms. The Morgan fingerprint density at radius 1 is 1.21 bits per heavy atom. The Hall–Kier alpha value is -2.99. The van der Waals surface area contributed by atoms with Crippen molar-refractivity contribution in [1.82, 2.24) is 4.98 Å². The first-order valence-electron chi connectivity index (χ1n) is 9.06. The number of esters is 1. The Morgan fingerprint density at radius 3 is 2.79 bits per heavy atom. The number of ether oxygens (including phenoxy) is 1. The van der Waals surface area contributed by atoms with Gasteiger partial charge in [-0.25, -0.2) is 9.78 Å². The summed E-state index contributed by atoms with van der Waals surface area (Å²) in [6.07, 6.45) is 2.87. The zero-order valence-corrected chi connectivity index (χ0v) is 16.5. The summed E-state index contributed by atoms with van der Waals surface area (Å²) in [5, 5.41) is 3.32. The summed E-state index contributed by atoms with van der Waals surface area (Å²) in [5.41, 5.74) is 2.53. The van der Waals surface area contributed by atoms with Crippen molar-refractivity contribution >= 4 is 28.3 Å². The molecule has 0 aliphatic carbocycles. The van der Waals surface area contributed by atoms with Crippen LogP contribution in [0.25, 0.3) is 0 Å². The number of aryl methyl sites for hydroxylation is 1. The summed E-state index contributed by atoms with van der Waals surface area (Å²) in [6, 6.07) is 15.4. The van der Waals surface area contributed by atoms with Crippen molar-refractivity contribution in [2.45, 2.75) is 32.3 Å². The quantitative estimate of drug-likeness (QED) is 0.677. The van der Waals surface area contributed by atoms with Gasteiger partial charge < -0.3 is 4.74 Å². The number of thiazole rings is 1. The molecule has 2 heterocycles. The lowest BCUT2D eigenvalue weighted by atomic mass is 9.89. The molecule has 0 saturated heterocycles. The molecule has 1 atom stereocenters. The zero-order chi connectivity index (χ0) is 19.7. The van der Waals surface area contributed by atoms with Gasteiger partial charge in [0.2, 0.25) is 0 Å². The van der Waals surface area contributed by atoms with E-state index in [0.29, 0.717) is 17.1 Å². The van der Waals surface area contributed by atoms with Crippen molar-refractivity contribution in [3.05, 3.63) is 81.9 Å². The number of carbonyl (C=O) groups is 2. The maximum absolute atomic E-state index is 12.8. The second-order valence-electron chi connectivity index (χ2n) is 7.14. The Labute approximate surface area is 167 Å². The highest BCUT2D eigenvalue weighted by Crippen LogP contribution is 2.30. The van der Waals surface area contributed by atoms with Gasteiger partial charge >= 0.3 is 5.97 Å². The molecule has 3 aromatic rings. The van der Waals surface area contributed by atoms with Crippen molar-refractivity contribution in [3.63, 3.8) is 0 Å². The van der Waals surface area contributed by atoms with Crippen LogP contribution in [-0.4, -0.2) is 22.5 Å². The van der Waals surface area contributed by atoms with E-state index in [1.165, 1.54) is 22.5 Å². The van der Waals surface area contributed by atoms with Gasteiger partial charge in [-0.3, -0.25) is 10.1 Å². The van der Waals surface area contributed by atoms with Gasteiger partial charge in [-0.15, -0.1) is 11.3 Å². The second kappa shape index (κ2) is 7.20. The van der Waals surface area contributed by atoms with Crippen molar-refractivity contribution in [2.24, 2.45) is 0 Å². The highest BCUT2D eigenvalue weighted by Gasteiger charge is 2.42. The average molecular weight is 392 g/mol. The standard InChI is InChI=1S/C22H20N2O3S/c1-14-7-3-4-8-15(14)11-17-13-23-21(28-17)24-20(26)22(2)12-16-9-5-6-10-18(16)19(25)27-22/h3-10,13H,11-12H2,1-2H3,(H,23,24,26)/t22-/m1/s1. The van der Waals surface area contributed by atoms with Crippen molar-refractivity contribution in [1.29, 1.82) is 0 Å². The average Bonchev–Trinajstić information content (AvgIpc) is 3.10. The fourth-order valence-electron chi connectivity index (χ4n) is 3.33. The molecule has 5 nitrogen and oxygen atoms in total. The van der Waals surface area contributed by atoms with E-state index in [1.54, 1.807) is 25.3 Å². The third kappa shape index (κ3) is 3.55. The van der Waals surface area contributed by atoms with E-state index in [9.17, 15) is 9.59 Å². The molecule has 0 spiro atoms. The Morgan fingerprint density at radius 2 is 1.96 bits per heavy atom.